The molecule has 2 aromatic heterocycles. The maximum Gasteiger partial charge on any atom is 0.251 e. The SMILES string of the molecule is Cc1nc(CCNC(=O)c2ccc(S(=O)(=O)NCCc3cccs3)cc2)cs1. The number of carbonyl (C=O) groups is 1. The minimum Gasteiger partial charge on any atom is -0.352 e. The largest absolute Gasteiger partial charge is 0.352 e. The molecule has 0 fully saturated rings. The van der Waals surface area contributed by atoms with E-state index in [-0.39, 0.29) is 10.8 Å². The van der Waals surface area contributed by atoms with Gasteiger partial charge in [-0.3, -0.25) is 4.79 Å². The molecule has 2 N–H and O–H groups in total. The molecule has 0 bridgehead atoms. The van der Waals surface area contributed by atoms with Crippen LogP contribution < -0.4 is 10.0 Å². The zero-order valence-electron chi connectivity index (χ0n) is 15.3. The molecule has 148 valence electrons. The van der Waals surface area contributed by atoms with Crippen LogP contribution in [0.1, 0.15) is 25.9 Å². The molecule has 0 radical (unpaired) electrons. The molecule has 28 heavy (non-hydrogen) atoms. The summed E-state index contributed by atoms with van der Waals surface area (Å²) < 4.78 is 27.3. The number of hydrogen-bond acceptors (Lipinski definition) is 6. The number of benzene rings is 1. The highest BCUT2D eigenvalue weighted by Crippen LogP contribution is 2.12. The lowest BCUT2D eigenvalue weighted by Crippen LogP contribution is -2.27. The molecule has 1 aromatic carbocycles. The Morgan fingerprint density at radius 1 is 1.07 bits per heavy atom. The van der Waals surface area contributed by atoms with Crippen molar-refractivity contribution in [2.75, 3.05) is 13.1 Å². The normalized spacial score (nSPS) is 11.5. The second kappa shape index (κ2) is 9.42. The van der Waals surface area contributed by atoms with Crippen LogP contribution in [-0.4, -0.2) is 32.4 Å². The molecule has 0 aliphatic heterocycles. The third kappa shape index (κ3) is 5.71. The van der Waals surface area contributed by atoms with Crippen molar-refractivity contribution in [1.29, 1.82) is 0 Å². The Kier molecular flexibility index (Phi) is 6.95. The first kappa shape index (κ1) is 20.7. The lowest BCUT2D eigenvalue weighted by Gasteiger charge is -2.08. The molecule has 6 nitrogen and oxygen atoms in total. The predicted molar refractivity (Wildman–Crippen MR) is 113 cm³/mol. The molecule has 0 saturated carbocycles. The molecule has 9 heteroatoms. The van der Waals surface area contributed by atoms with Gasteiger partial charge in [0.05, 0.1) is 15.6 Å². The number of carbonyl (C=O) groups excluding carboxylic acids is 1. The van der Waals surface area contributed by atoms with Crippen LogP contribution in [0, 0.1) is 6.92 Å². The van der Waals surface area contributed by atoms with E-state index in [1.807, 2.05) is 29.8 Å². The smallest absolute Gasteiger partial charge is 0.251 e. The minimum atomic E-state index is -3.59. The lowest BCUT2D eigenvalue weighted by atomic mass is 10.2. The number of hydrogen-bond donors (Lipinski definition) is 2. The number of amides is 1. The monoisotopic (exact) mass is 435 g/mol. The highest BCUT2D eigenvalue weighted by Gasteiger charge is 2.14. The van der Waals surface area contributed by atoms with Crippen molar-refractivity contribution in [2.45, 2.75) is 24.7 Å². The summed E-state index contributed by atoms with van der Waals surface area (Å²) in [6.07, 6.45) is 1.31. The lowest BCUT2D eigenvalue weighted by molar-refractivity contribution is 0.0954. The van der Waals surface area contributed by atoms with Gasteiger partial charge in [-0.2, -0.15) is 0 Å². The Hall–Kier alpha value is -2.07. The van der Waals surface area contributed by atoms with Crippen molar-refractivity contribution >= 4 is 38.6 Å². The average molecular weight is 436 g/mol. The fourth-order valence-electron chi connectivity index (χ4n) is 2.56. The Labute approximate surface area is 172 Å². The van der Waals surface area contributed by atoms with Gasteiger partial charge in [-0.25, -0.2) is 18.1 Å². The van der Waals surface area contributed by atoms with Gasteiger partial charge in [0.25, 0.3) is 5.91 Å². The van der Waals surface area contributed by atoms with E-state index in [1.54, 1.807) is 22.7 Å². The third-order valence-electron chi connectivity index (χ3n) is 4.00. The number of aryl methyl sites for hydroxylation is 1. The van der Waals surface area contributed by atoms with E-state index in [1.165, 1.54) is 24.3 Å². The molecule has 1 amide bonds. The van der Waals surface area contributed by atoms with Crippen molar-refractivity contribution < 1.29 is 13.2 Å². The third-order valence-corrected chi connectivity index (χ3v) is 7.24. The number of nitrogens with zero attached hydrogens (tertiary/aromatic N) is 1. The van der Waals surface area contributed by atoms with Crippen LogP contribution >= 0.6 is 22.7 Å². The topological polar surface area (TPSA) is 88.2 Å². The molecule has 3 rings (SSSR count). The first-order valence-corrected chi connectivity index (χ1v) is 12.0. The predicted octanol–water partition coefficient (Wildman–Crippen LogP) is 3.01. The van der Waals surface area contributed by atoms with Crippen LogP contribution in [0.4, 0.5) is 0 Å². The first-order valence-electron chi connectivity index (χ1n) is 8.75. The van der Waals surface area contributed by atoms with Gasteiger partial charge in [0, 0.05) is 35.3 Å². The van der Waals surface area contributed by atoms with E-state index < -0.39 is 10.0 Å². The molecule has 0 saturated heterocycles. The zero-order valence-corrected chi connectivity index (χ0v) is 17.8. The summed E-state index contributed by atoms with van der Waals surface area (Å²) in [5.41, 5.74) is 1.38. The van der Waals surface area contributed by atoms with Crippen LogP contribution in [0.3, 0.4) is 0 Å². The first-order chi connectivity index (χ1) is 13.4. The van der Waals surface area contributed by atoms with Crippen LogP contribution in [-0.2, 0) is 22.9 Å². The van der Waals surface area contributed by atoms with Gasteiger partial charge in [-0.1, -0.05) is 6.07 Å². The van der Waals surface area contributed by atoms with Crippen molar-refractivity contribution in [1.82, 2.24) is 15.0 Å². The Balaban J connectivity index is 1.50. The molecule has 0 unspecified atom stereocenters. The summed E-state index contributed by atoms with van der Waals surface area (Å²) in [5, 5.41) is 7.77. The summed E-state index contributed by atoms with van der Waals surface area (Å²) in [4.78, 5) is 17.8. The fourth-order valence-corrected chi connectivity index (χ4v) is 4.95. The molecule has 0 aliphatic carbocycles. The number of sulfonamides is 1. The van der Waals surface area contributed by atoms with E-state index in [4.69, 9.17) is 0 Å². The van der Waals surface area contributed by atoms with Crippen LogP contribution in [0.25, 0.3) is 0 Å². The van der Waals surface area contributed by atoms with Crippen molar-refractivity contribution in [2.24, 2.45) is 0 Å². The fraction of sp³-hybridized carbons (Fsp3) is 0.263. The molecule has 0 spiro atoms. The zero-order chi connectivity index (χ0) is 20.0. The molecule has 2 heterocycles. The van der Waals surface area contributed by atoms with E-state index in [9.17, 15) is 13.2 Å². The molecular weight excluding hydrogens is 414 g/mol. The number of rotatable bonds is 9. The minimum absolute atomic E-state index is 0.146. The summed E-state index contributed by atoms with van der Waals surface area (Å²) in [7, 11) is -3.59. The highest BCUT2D eigenvalue weighted by atomic mass is 32.2. The van der Waals surface area contributed by atoms with Gasteiger partial charge in [0.15, 0.2) is 0 Å². The van der Waals surface area contributed by atoms with Gasteiger partial charge in [0.2, 0.25) is 10.0 Å². The Morgan fingerprint density at radius 3 is 2.50 bits per heavy atom. The van der Waals surface area contributed by atoms with Crippen LogP contribution in [0.15, 0.2) is 52.1 Å². The quantitative estimate of drug-likeness (QED) is 0.541. The number of thiophene rings is 1. The molecule has 0 aliphatic rings. The maximum absolute atomic E-state index is 12.4. The Morgan fingerprint density at radius 2 is 1.86 bits per heavy atom. The second-order valence-corrected chi connectivity index (χ2v) is 9.98. The van der Waals surface area contributed by atoms with Crippen LogP contribution in [0.2, 0.25) is 0 Å². The number of thiazole rings is 1. The van der Waals surface area contributed by atoms with Gasteiger partial charge in [0.1, 0.15) is 0 Å². The van der Waals surface area contributed by atoms with Crippen molar-refractivity contribution in [3.8, 4) is 0 Å². The molecular formula is C19H21N3O3S3. The summed E-state index contributed by atoms with van der Waals surface area (Å²) in [6, 6.07) is 9.86. The van der Waals surface area contributed by atoms with E-state index in [0.29, 0.717) is 31.5 Å². The van der Waals surface area contributed by atoms with Crippen molar-refractivity contribution in [3.63, 3.8) is 0 Å². The number of nitrogens with one attached hydrogen (secondary N) is 2. The van der Waals surface area contributed by atoms with Gasteiger partial charge >= 0.3 is 0 Å². The van der Waals surface area contributed by atoms with Crippen molar-refractivity contribution in [3.05, 3.63) is 68.3 Å². The number of aromatic nitrogens is 1. The summed E-state index contributed by atoms with van der Waals surface area (Å²) >= 11 is 3.18. The van der Waals surface area contributed by atoms with E-state index in [2.05, 4.69) is 15.0 Å². The average Bonchev–Trinajstić information content (AvgIpc) is 3.33. The Bertz CT molecular complexity index is 1010. The van der Waals surface area contributed by atoms with Gasteiger partial charge in [-0.15, -0.1) is 22.7 Å². The molecule has 3 aromatic rings. The maximum atomic E-state index is 12.4. The highest BCUT2D eigenvalue weighted by molar-refractivity contribution is 7.89. The van der Waals surface area contributed by atoms with Gasteiger partial charge in [-0.05, 0) is 49.1 Å². The summed E-state index contributed by atoms with van der Waals surface area (Å²) in [5.74, 6) is -0.235. The second-order valence-electron chi connectivity index (χ2n) is 6.12. The standard InChI is InChI=1S/C19H21N3O3S3/c1-14-22-16(13-27-14)8-10-20-19(23)15-4-6-18(7-5-15)28(24,25)21-11-9-17-3-2-12-26-17/h2-7,12-13,21H,8-11H2,1H3,(H,20,23). The van der Waals surface area contributed by atoms with E-state index >= 15 is 0 Å². The van der Waals surface area contributed by atoms with E-state index in [0.717, 1.165) is 15.6 Å². The van der Waals surface area contributed by atoms with Crippen LogP contribution in [0.5, 0.6) is 0 Å². The van der Waals surface area contributed by atoms with Gasteiger partial charge < -0.3 is 5.32 Å². The summed E-state index contributed by atoms with van der Waals surface area (Å²) in [6.45, 7) is 2.76. The molecule has 0 atom stereocenters.